The minimum absolute atomic E-state index is 0.0737. The van der Waals surface area contributed by atoms with Gasteiger partial charge in [-0.15, -0.1) is 0 Å². The van der Waals surface area contributed by atoms with E-state index in [9.17, 15) is 9.59 Å². The standard InChI is InChI=1S/C9H18N2O4/c1-3-4-7(9(13)14)11-8(12)6(10)5-15-2/h6-7H,3-5,10H2,1-2H3,(H,11,12)(H,13,14)/t6?,7-/m1/s1. The van der Waals surface area contributed by atoms with Crippen molar-refractivity contribution >= 4 is 11.9 Å². The SMILES string of the molecule is CCC[C@@H](NC(=O)C(N)COC)C(=O)O. The second-order valence-corrected chi connectivity index (χ2v) is 3.25. The Bertz CT molecular complexity index is 220. The molecule has 4 N–H and O–H groups in total. The van der Waals surface area contributed by atoms with Crippen molar-refractivity contribution in [1.82, 2.24) is 5.32 Å². The lowest BCUT2D eigenvalue weighted by Gasteiger charge is -2.16. The van der Waals surface area contributed by atoms with E-state index in [0.717, 1.165) is 0 Å². The zero-order chi connectivity index (χ0) is 11.8. The van der Waals surface area contributed by atoms with Gasteiger partial charge < -0.3 is 20.9 Å². The number of carboxylic acids is 1. The van der Waals surface area contributed by atoms with Gasteiger partial charge in [0.2, 0.25) is 5.91 Å². The topological polar surface area (TPSA) is 102 Å². The van der Waals surface area contributed by atoms with Crippen molar-refractivity contribution in [3.05, 3.63) is 0 Å². The number of aliphatic carboxylic acids is 1. The van der Waals surface area contributed by atoms with Crippen molar-refractivity contribution in [2.75, 3.05) is 13.7 Å². The Morgan fingerprint density at radius 3 is 2.53 bits per heavy atom. The highest BCUT2D eigenvalue weighted by Gasteiger charge is 2.22. The number of rotatable bonds is 7. The van der Waals surface area contributed by atoms with E-state index in [1.807, 2.05) is 6.92 Å². The summed E-state index contributed by atoms with van der Waals surface area (Å²) < 4.78 is 4.69. The van der Waals surface area contributed by atoms with Gasteiger partial charge >= 0.3 is 5.97 Å². The third kappa shape index (κ3) is 5.34. The molecule has 0 rings (SSSR count). The van der Waals surface area contributed by atoms with Gasteiger partial charge in [0, 0.05) is 7.11 Å². The summed E-state index contributed by atoms with van der Waals surface area (Å²) in [4.78, 5) is 22.1. The second kappa shape index (κ2) is 7.19. The van der Waals surface area contributed by atoms with Crippen LogP contribution in [0.1, 0.15) is 19.8 Å². The normalized spacial score (nSPS) is 14.3. The molecule has 0 aromatic carbocycles. The quantitative estimate of drug-likeness (QED) is 0.526. The van der Waals surface area contributed by atoms with E-state index in [1.54, 1.807) is 0 Å². The van der Waals surface area contributed by atoms with Crippen molar-refractivity contribution in [1.29, 1.82) is 0 Å². The first-order valence-corrected chi connectivity index (χ1v) is 4.80. The number of ether oxygens (including phenoxy) is 1. The summed E-state index contributed by atoms with van der Waals surface area (Å²) >= 11 is 0. The monoisotopic (exact) mass is 218 g/mol. The lowest BCUT2D eigenvalue weighted by atomic mass is 10.1. The van der Waals surface area contributed by atoms with E-state index < -0.39 is 24.0 Å². The van der Waals surface area contributed by atoms with E-state index in [1.165, 1.54) is 7.11 Å². The number of hydrogen-bond donors (Lipinski definition) is 3. The molecule has 6 nitrogen and oxygen atoms in total. The average Bonchev–Trinajstić information content (AvgIpc) is 2.17. The van der Waals surface area contributed by atoms with Crippen LogP contribution in [-0.4, -0.2) is 42.8 Å². The van der Waals surface area contributed by atoms with Gasteiger partial charge in [0.25, 0.3) is 0 Å². The van der Waals surface area contributed by atoms with Crippen LogP contribution in [0.25, 0.3) is 0 Å². The smallest absolute Gasteiger partial charge is 0.326 e. The summed E-state index contributed by atoms with van der Waals surface area (Å²) in [5.74, 6) is -1.55. The number of amides is 1. The maximum absolute atomic E-state index is 11.3. The lowest BCUT2D eigenvalue weighted by molar-refractivity contribution is -0.142. The molecule has 0 bridgehead atoms. The highest BCUT2D eigenvalue weighted by molar-refractivity contribution is 5.86. The number of carbonyl (C=O) groups excluding carboxylic acids is 1. The first-order chi connectivity index (χ1) is 7.02. The fourth-order valence-electron chi connectivity index (χ4n) is 1.08. The van der Waals surface area contributed by atoms with Crippen LogP contribution in [0.2, 0.25) is 0 Å². The van der Waals surface area contributed by atoms with Gasteiger partial charge in [0.1, 0.15) is 12.1 Å². The van der Waals surface area contributed by atoms with Crippen molar-refractivity contribution in [2.45, 2.75) is 31.8 Å². The molecule has 15 heavy (non-hydrogen) atoms. The van der Waals surface area contributed by atoms with Crippen LogP contribution in [0.3, 0.4) is 0 Å². The van der Waals surface area contributed by atoms with Gasteiger partial charge in [-0.05, 0) is 6.42 Å². The molecule has 0 aromatic heterocycles. The van der Waals surface area contributed by atoms with Crippen LogP contribution in [0, 0.1) is 0 Å². The predicted octanol–water partition coefficient (Wildman–Crippen LogP) is -0.670. The molecule has 0 radical (unpaired) electrons. The van der Waals surface area contributed by atoms with Crippen molar-refractivity contribution in [3.8, 4) is 0 Å². The Balaban J connectivity index is 4.15. The molecule has 0 heterocycles. The average molecular weight is 218 g/mol. The van der Waals surface area contributed by atoms with Gasteiger partial charge in [-0.1, -0.05) is 13.3 Å². The molecule has 0 aromatic rings. The molecule has 0 aliphatic carbocycles. The predicted molar refractivity (Wildman–Crippen MR) is 54.3 cm³/mol. The molecule has 2 atom stereocenters. The lowest BCUT2D eigenvalue weighted by Crippen LogP contribution is -2.49. The van der Waals surface area contributed by atoms with Crippen LogP contribution in [0.5, 0.6) is 0 Å². The Morgan fingerprint density at radius 1 is 1.53 bits per heavy atom. The first kappa shape index (κ1) is 13.9. The van der Waals surface area contributed by atoms with E-state index in [4.69, 9.17) is 15.6 Å². The zero-order valence-electron chi connectivity index (χ0n) is 9.03. The largest absolute Gasteiger partial charge is 0.480 e. The Morgan fingerprint density at radius 2 is 2.13 bits per heavy atom. The van der Waals surface area contributed by atoms with E-state index >= 15 is 0 Å². The van der Waals surface area contributed by atoms with Gasteiger partial charge in [-0.25, -0.2) is 4.79 Å². The van der Waals surface area contributed by atoms with Gasteiger partial charge in [-0.2, -0.15) is 0 Å². The Hall–Kier alpha value is -1.14. The fourth-order valence-corrected chi connectivity index (χ4v) is 1.08. The number of carbonyl (C=O) groups is 2. The molecule has 0 saturated carbocycles. The van der Waals surface area contributed by atoms with Crippen LogP contribution in [0.15, 0.2) is 0 Å². The zero-order valence-corrected chi connectivity index (χ0v) is 9.03. The minimum Gasteiger partial charge on any atom is -0.480 e. The molecular formula is C9H18N2O4. The number of carboxylic acid groups (broad SMARTS) is 1. The first-order valence-electron chi connectivity index (χ1n) is 4.80. The van der Waals surface area contributed by atoms with E-state index in [0.29, 0.717) is 12.8 Å². The van der Waals surface area contributed by atoms with Crippen molar-refractivity contribution in [3.63, 3.8) is 0 Å². The van der Waals surface area contributed by atoms with Gasteiger partial charge in [0.15, 0.2) is 0 Å². The molecule has 0 saturated heterocycles. The third-order valence-corrected chi connectivity index (χ3v) is 1.87. The molecule has 6 heteroatoms. The number of nitrogens with one attached hydrogen (secondary N) is 1. The summed E-state index contributed by atoms with van der Waals surface area (Å²) in [6.45, 7) is 1.92. The highest BCUT2D eigenvalue weighted by atomic mass is 16.5. The van der Waals surface area contributed by atoms with Crippen LogP contribution >= 0.6 is 0 Å². The van der Waals surface area contributed by atoms with Crippen LogP contribution < -0.4 is 11.1 Å². The van der Waals surface area contributed by atoms with Crippen molar-refractivity contribution in [2.24, 2.45) is 5.73 Å². The maximum Gasteiger partial charge on any atom is 0.326 e. The molecule has 1 unspecified atom stereocenters. The second-order valence-electron chi connectivity index (χ2n) is 3.25. The van der Waals surface area contributed by atoms with Gasteiger partial charge in [-0.3, -0.25) is 4.79 Å². The molecule has 88 valence electrons. The van der Waals surface area contributed by atoms with Crippen LogP contribution in [-0.2, 0) is 14.3 Å². The molecular weight excluding hydrogens is 200 g/mol. The van der Waals surface area contributed by atoms with E-state index in [-0.39, 0.29) is 6.61 Å². The Kier molecular flexibility index (Phi) is 6.64. The minimum atomic E-state index is -1.05. The van der Waals surface area contributed by atoms with Crippen molar-refractivity contribution < 1.29 is 19.4 Å². The van der Waals surface area contributed by atoms with Gasteiger partial charge in [0.05, 0.1) is 6.61 Å². The summed E-state index contributed by atoms with van der Waals surface area (Å²) in [6.07, 6.45) is 1.07. The number of hydrogen-bond acceptors (Lipinski definition) is 4. The number of nitrogens with two attached hydrogens (primary N) is 1. The Labute approximate surface area is 88.8 Å². The molecule has 0 aliphatic heterocycles. The fraction of sp³-hybridized carbons (Fsp3) is 0.778. The summed E-state index contributed by atoms with van der Waals surface area (Å²) in [6, 6.07) is -1.70. The molecule has 0 spiro atoms. The molecule has 0 aliphatic rings. The highest BCUT2D eigenvalue weighted by Crippen LogP contribution is 1.97. The third-order valence-electron chi connectivity index (χ3n) is 1.87. The molecule has 1 amide bonds. The maximum atomic E-state index is 11.3. The number of methoxy groups -OCH3 is 1. The van der Waals surface area contributed by atoms with Crippen LogP contribution in [0.4, 0.5) is 0 Å². The summed E-state index contributed by atoms with van der Waals surface area (Å²) in [7, 11) is 1.42. The summed E-state index contributed by atoms with van der Waals surface area (Å²) in [5, 5.41) is 11.1. The van der Waals surface area contributed by atoms with E-state index in [2.05, 4.69) is 5.32 Å². The molecule has 0 fully saturated rings. The summed E-state index contributed by atoms with van der Waals surface area (Å²) in [5.41, 5.74) is 5.44.